The van der Waals surface area contributed by atoms with Crippen LogP contribution in [0, 0.1) is 0 Å². The lowest BCUT2D eigenvalue weighted by molar-refractivity contribution is 0.286. The molecule has 0 unspecified atom stereocenters. The van der Waals surface area contributed by atoms with Crippen LogP contribution in [-0.4, -0.2) is 19.2 Å². The summed E-state index contributed by atoms with van der Waals surface area (Å²) in [5.74, 6) is 1.25. The lowest BCUT2D eigenvalue weighted by Crippen LogP contribution is -2.12. The van der Waals surface area contributed by atoms with Crippen molar-refractivity contribution in [2.45, 2.75) is 6.61 Å². The lowest BCUT2D eigenvalue weighted by atomic mass is 10.2. The zero-order valence-corrected chi connectivity index (χ0v) is 13.0. The Hall–Kier alpha value is -2.95. The standard InChI is InChI=1S/C18H17NO4/c1-21-13-8-9-14-15(10-13)19-18(20)17(22-2)16(14)23-11-12-6-4-3-5-7-12/h3-10H,11H2,1-2H3,(H,19,20). The molecule has 1 heterocycles. The Balaban J connectivity index is 2.07. The van der Waals surface area contributed by atoms with Crippen molar-refractivity contribution in [1.29, 1.82) is 0 Å². The fourth-order valence-corrected chi connectivity index (χ4v) is 2.41. The van der Waals surface area contributed by atoms with Gasteiger partial charge in [0.05, 0.1) is 19.7 Å². The zero-order valence-electron chi connectivity index (χ0n) is 13.0. The van der Waals surface area contributed by atoms with E-state index in [4.69, 9.17) is 14.2 Å². The smallest absolute Gasteiger partial charge is 0.294 e. The number of nitrogens with one attached hydrogen (secondary N) is 1. The first-order valence-electron chi connectivity index (χ1n) is 7.17. The molecule has 0 saturated carbocycles. The van der Waals surface area contributed by atoms with E-state index < -0.39 is 0 Å². The number of methoxy groups -OCH3 is 2. The number of aromatic nitrogens is 1. The van der Waals surface area contributed by atoms with Crippen LogP contribution in [0.25, 0.3) is 10.9 Å². The van der Waals surface area contributed by atoms with E-state index in [1.165, 1.54) is 7.11 Å². The maximum Gasteiger partial charge on any atom is 0.294 e. The number of fused-ring (bicyclic) bond motifs is 1. The van der Waals surface area contributed by atoms with Gasteiger partial charge in [-0.15, -0.1) is 0 Å². The summed E-state index contributed by atoms with van der Waals surface area (Å²) in [5.41, 5.74) is 1.31. The average molecular weight is 311 g/mol. The lowest BCUT2D eigenvalue weighted by Gasteiger charge is -2.13. The molecule has 0 fully saturated rings. The molecule has 5 heteroatoms. The van der Waals surface area contributed by atoms with Gasteiger partial charge >= 0.3 is 0 Å². The first-order valence-corrected chi connectivity index (χ1v) is 7.17. The van der Waals surface area contributed by atoms with Crippen molar-refractivity contribution in [1.82, 2.24) is 4.98 Å². The highest BCUT2D eigenvalue weighted by atomic mass is 16.5. The van der Waals surface area contributed by atoms with Gasteiger partial charge < -0.3 is 19.2 Å². The number of aromatic amines is 1. The predicted molar refractivity (Wildman–Crippen MR) is 88.4 cm³/mol. The van der Waals surface area contributed by atoms with E-state index in [9.17, 15) is 4.79 Å². The summed E-state index contributed by atoms with van der Waals surface area (Å²) in [7, 11) is 3.03. The predicted octanol–water partition coefficient (Wildman–Crippen LogP) is 3.12. The molecule has 118 valence electrons. The van der Waals surface area contributed by atoms with Gasteiger partial charge in [0, 0.05) is 11.5 Å². The van der Waals surface area contributed by atoms with Crippen molar-refractivity contribution >= 4 is 10.9 Å². The molecular weight excluding hydrogens is 294 g/mol. The summed E-state index contributed by atoms with van der Waals surface area (Å²) >= 11 is 0. The van der Waals surface area contributed by atoms with Crippen molar-refractivity contribution in [2.24, 2.45) is 0 Å². The summed E-state index contributed by atoms with van der Waals surface area (Å²) < 4.78 is 16.3. The Labute approximate surface area is 133 Å². The maximum absolute atomic E-state index is 12.2. The third-order valence-electron chi connectivity index (χ3n) is 3.56. The van der Waals surface area contributed by atoms with Crippen LogP contribution in [0.2, 0.25) is 0 Å². The Kier molecular flexibility index (Phi) is 4.19. The molecule has 0 aliphatic rings. The van der Waals surface area contributed by atoms with Crippen LogP contribution < -0.4 is 19.8 Å². The highest BCUT2D eigenvalue weighted by Gasteiger charge is 2.15. The largest absolute Gasteiger partial charge is 0.497 e. The van der Waals surface area contributed by atoms with Gasteiger partial charge in [-0.2, -0.15) is 0 Å². The third kappa shape index (κ3) is 2.99. The monoisotopic (exact) mass is 311 g/mol. The zero-order chi connectivity index (χ0) is 16.2. The van der Waals surface area contributed by atoms with E-state index in [-0.39, 0.29) is 11.3 Å². The minimum atomic E-state index is -0.337. The summed E-state index contributed by atoms with van der Waals surface area (Å²) in [4.78, 5) is 15.0. The molecule has 5 nitrogen and oxygen atoms in total. The molecule has 3 rings (SSSR count). The number of H-pyrrole nitrogens is 1. The molecule has 0 bridgehead atoms. The van der Waals surface area contributed by atoms with E-state index >= 15 is 0 Å². The number of ether oxygens (including phenoxy) is 3. The van der Waals surface area contributed by atoms with Crippen molar-refractivity contribution in [3.63, 3.8) is 0 Å². The molecule has 0 radical (unpaired) electrons. The van der Waals surface area contributed by atoms with E-state index in [2.05, 4.69) is 4.98 Å². The number of hydrogen-bond donors (Lipinski definition) is 1. The Morgan fingerprint density at radius 3 is 2.43 bits per heavy atom. The Morgan fingerprint density at radius 1 is 0.957 bits per heavy atom. The number of pyridine rings is 1. The highest BCUT2D eigenvalue weighted by Crippen LogP contribution is 2.33. The van der Waals surface area contributed by atoms with Gasteiger partial charge in [0.25, 0.3) is 5.56 Å². The van der Waals surface area contributed by atoms with Gasteiger partial charge in [0.1, 0.15) is 12.4 Å². The van der Waals surface area contributed by atoms with Crippen LogP contribution in [0.3, 0.4) is 0 Å². The Morgan fingerprint density at radius 2 is 1.74 bits per heavy atom. The van der Waals surface area contributed by atoms with Crippen molar-refractivity contribution in [2.75, 3.05) is 14.2 Å². The van der Waals surface area contributed by atoms with Crippen LogP contribution in [0.4, 0.5) is 0 Å². The van der Waals surface area contributed by atoms with Gasteiger partial charge in [0.2, 0.25) is 5.75 Å². The second kappa shape index (κ2) is 6.44. The second-order valence-electron chi connectivity index (χ2n) is 5.00. The molecule has 3 aromatic rings. The highest BCUT2D eigenvalue weighted by molar-refractivity contribution is 5.88. The van der Waals surface area contributed by atoms with Crippen LogP contribution >= 0.6 is 0 Å². The van der Waals surface area contributed by atoms with E-state index in [0.29, 0.717) is 23.6 Å². The van der Waals surface area contributed by atoms with E-state index in [1.54, 1.807) is 13.2 Å². The number of hydrogen-bond acceptors (Lipinski definition) is 4. The Bertz CT molecular complexity index is 871. The number of benzene rings is 2. The van der Waals surface area contributed by atoms with Crippen LogP contribution in [0.1, 0.15) is 5.56 Å². The molecule has 0 spiro atoms. The van der Waals surface area contributed by atoms with Gasteiger partial charge in [-0.1, -0.05) is 30.3 Å². The normalized spacial score (nSPS) is 10.5. The number of rotatable bonds is 5. The second-order valence-corrected chi connectivity index (χ2v) is 5.00. The minimum Gasteiger partial charge on any atom is -0.497 e. The van der Waals surface area contributed by atoms with Gasteiger partial charge in [-0.05, 0) is 17.7 Å². The fourth-order valence-electron chi connectivity index (χ4n) is 2.41. The van der Waals surface area contributed by atoms with Gasteiger partial charge in [0.15, 0.2) is 5.75 Å². The van der Waals surface area contributed by atoms with Gasteiger partial charge in [-0.25, -0.2) is 0 Å². The molecule has 23 heavy (non-hydrogen) atoms. The third-order valence-corrected chi connectivity index (χ3v) is 3.56. The van der Waals surface area contributed by atoms with Crippen LogP contribution in [0.15, 0.2) is 53.3 Å². The summed E-state index contributed by atoms with van der Waals surface area (Å²) in [6, 6.07) is 15.2. The summed E-state index contributed by atoms with van der Waals surface area (Å²) in [6.45, 7) is 0.349. The molecular formula is C18H17NO4. The first-order chi connectivity index (χ1) is 11.2. The van der Waals surface area contributed by atoms with E-state index in [1.807, 2.05) is 42.5 Å². The van der Waals surface area contributed by atoms with Crippen molar-refractivity contribution in [3.05, 3.63) is 64.4 Å². The molecule has 1 N–H and O–H groups in total. The summed E-state index contributed by atoms with van der Waals surface area (Å²) in [6.07, 6.45) is 0. The van der Waals surface area contributed by atoms with Crippen molar-refractivity contribution < 1.29 is 14.2 Å². The van der Waals surface area contributed by atoms with Crippen LogP contribution in [-0.2, 0) is 6.61 Å². The SMILES string of the molecule is COc1ccc2c(OCc3ccccc3)c(OC)c(=O)[nH]c2c1. The minimum absolute atomic E-state index is 0.165. The first kappa shape index (κ1) is 15.0. The van der Waals surface area contributed by atoms with Crippen LogP contribution in [0.5, 0.6) is 17.2 Å². The topological polar surface area (TPSA) is 60.6 Å². The maximum atomic E-state index is 12.2. The van der Waals surface area contributed by atoms with Crippen molar-refractivity contribution in [3.8, 4) is 17.2 Å². The summed E-state index contributed by atoms with van der Waals surface area (Å²) in [5, 5.41) is 0.762. The average Bonchev–Trinajstić information content (AvgIpc) is 2.59. The molecule has 0 aliphatic carbocycles. The molecule has 0 saturated heterocycles. The fraction of sp³-hybridized carbons (Fsp3) is 0.167. The molecule has 2 aromatic carbocycles. The van der Waals surface area contributed by atoms with E-state index in [0.717, 1.165) is 10.9 Å². The molecule has 1 aromatic heterocycles. The molecule has 0 aliphatic heterocycles. The quantitative estimate of drug-likeness (QED) is 0.786. The van der Waals surface area contributed by atoms with Gasteiger partial charge in [-0.3, -0.25) is 4.79 Å². The molecule has 0 atom stereocenters. The molecule has 0 amide bonds.